The van der Waals surface area contributed by atoms with Gasteiger partial charge in [0.25, 0.3) is 0 Å². The largest absolute Gasteiger partial charge is 0.459 e. The number of rotatable bonds is 4. The van der Waals surface area contributed by atoms with Crippen LogP contribution in [0.2, 0.25) is 5.02 Å². The van der Waals surface area contributed by atoms with E-state index in [4.69, 9.17) is 16.0 Å². The SMILES string of the molecule is CCNC(c1cc2cc(Cl)ccc2o1)C1CCCC(C)C1. The molecule has 1 heterocycles. The maximum Gasteiger partial charge on any atom is 0.134 e. The minimum atomic E-state index is 0.323. The van der Waals surface area contributed by atoms with Crippen molar-refractivity contribution in [3.8, 4) is 0 Å². The van der Waals surface area contributed by atoms with Gasteiger partial charge in [-0.1, -0.05) is 38.3 Å². The molecule has 0 aliphatic heterocycles. The highest BCUT2D eigenvalue weighted by Gasteiger charge is 2.29. The Morgan fingerprint density at radius 1 is 1.33 bits per heavy atom. The van der Waals surface area contributed by atoms with Crippen molar-refractivity contribution in [2.45, 2.75) is 45.6 Å². The molecular weight excluding hydrogens is 282 g/mol. The van der Waals surface area contributed by atoms with Crippen molar-refractivity contribution in [2.75, 3.05) is 6.54 Å². The molecule has 114 valence electrons. The molecule has 2 aromatic rings. The molecule has 0 radical (unpaired) electrons. The minimum Gasteiger partial charge on any atom is -0.459 e. The lowest BCUT2D eigenvalue weighted by molar-refractivity contribution is 0.209. The van der Waals surface area contributed by atoms with Gasteiger partial charge in [-0.2, -0.15) is 0 Å². The Kier molecular flexibility index (Phi) is 4.56. The number of benzene rings is 1. The molecule has 3 heteroatoms. The van der Waals surface area contributed by atoms with E-state index in [0.29, 0.717) is 12.0 Å². The van der Waals surface area contributed by atoms with Crippen LogP contribution in [0.4, 0.5) is 0 Å². The predicted molar refractivity (Wildman–Crippen MR) is 88.8 cm³/mol. The highest BCUT2D eigenvalue weighted by atomic mass is 35.5. The van der Waals surface area contributed by atoms with Crippen LogP contribution in [0.25, 0.3) is 11.0 Å². The van der Waals surface area contributed by atoms with Gasteiger partial charge in [-0.15, -0.1) is 0 Å². The molecule has 0 spiro atoms. The minimum absolute atomic E-state index is 0.323. The van der Waals surface area contributed by atoms with Gasteiger partial charge in [0, 0.05) is 10.4 Å². The lowest BCUT2D eigenvalue weighted by Gasteiger charge is -2.32. The molecule has 1 saturated carbocycles. The molecule has 1 aromatic heterocycles. The van der Waals surface area contributed by atoms with E-state index < -0.39 is 0 Å². The predicted octanol–water partition coefficient (Wildman–Crippen LogP) is 5.56. The average Bonchev–Trinajstić information content (AvgIpc) is 2.87. The summed E-state index contributed by atoms with van der Waals surface area (Å²) in [5.41, 5.74) is 0.932. The summed E-state index contributed by atoms with van der Waals surface area (Å²) >= 11 is 6.08. The lowest BCUT2D eigenvalue weighted by Crippen LogP contribution is -2.30. The average molecular weight is 306 g/mol. The van der Waals surface area contributed by atoms with Crippen LogP contribution in [0.15, 0.2) is 28.7 Å². The quantitative estimate of drug-likeness (QED) is 0.799. The smallest absolute Gasteiger partial charge is 0.134 e. The molecule has 1 aromatic carbocycles. The van der Waals surface area contributed by atoms with Gasteiger partial charge < -0.3 is 9.73 Å². The Balaban J connectivity index is 1.90. The Morgan fingerprint density at radius 2 is 2.19 bits per heavy atom. The summed E-state index contributed by atoms with van der Waals surface area (Å²) in [4.78, 5) is 0. The van der Waals surface area contributed by atoms with Crippen LogP contribution in [-0.2, 0) is 0 Å². The Hall–Kier alpha value is -0.990. The molecule has 0 amide bonds. The molecule has 21 heavy (non-hydrogen) atoms. The molecule has 1 fully saturated rings. The zero-order chi connectivity index (χ0) is 14.8. The number of hydrogen-bond donors (Lipinski definition) is 1. The van der Waals surface area contributed by atoms with Crippen LogP contribution in [-0.4, -0.2) is 6.54 Å². The van der Waals surface area contributed by atoms with E-state index in [0.717, 1.165) is 34.2 Å². The van der Waals surface area contributed by atoms with Crippen molar-refractivity contribution < 1.29 is 4.42 Å². The van der Waals surface area contributed by atoms with Gasteiger partial charge >= 0.3 is 0 Å². The van der Waals surface area contributed by atoms with E-state index >= 15 is 0 Å². The van der Waals surface area contributed by atoms with E-state index in [-0.39, 0.29) is 0 Å². The Labute approximate surface area is 131 Å². The van der Waals surface area contributed by atoms with Crippen LogP contribution in [0.3, 0.4) is 0 Å². The van der Waals surface area contributed by atoms with Crippen LogP contribution in [0.5, 0.6) is 0 Å². The molecule has 1 aliphatic rings. The number of nitrogens with one attached hydrogen (secondary N) is 1. The third-order valence-electron chi connectivity index (χ3n) is 4.68. The first-order valence-corrected chi connectivity index (χ1v) is 8.47. The summed E-state index contributed by atoms with van der Waals surface area (Å²) in [7, 11) is 0. The van der Waals surface area contributed by atoms with Gasteiger partial charge in [-0.25, -0.2) is 0 Å². The summed E-state index contributed by atoms with van der Waals surface area (Å²) in [6.45, 7) is 5.50. The second-order valence-electron chi connectivity index (χ2n) is 6.40. The van der Waals surface area contributed by atoms with Gasteiger partial charge in [0.15, 0.2) is 0 Å². The number of furan rings is 1. The van der Waals surface area contributed by atoms with E-state index in [1.54, 1.807) is 0 Å². The third-order valence-corrected chi connectivity index (χ3v) is 4.91. The lowest BCUT2D eigenvalue weighted by atomic mass is 9.78. The van der Waals surface area contributed by atoms with Crippen molar-refractivity contribution in [3.63, 3.8) is 0 Å². The fourth-order valence-electron chi connectivity index (χ4n) is 3.69. The highest BCUT2D eigenvalue weighted by molar-refractivity contribution is 6.31. The highest BCUT2D eigenvalue weighted by Crippen LogP contribution is 2.38. The molecule has 1 N–H and O–H groups in total. The summed E-state index contributed by atoms with van der Waals surface area (Å²) in [5, 5.41) is 5.50. The zero-order valence-electron chi connectivity index (χ0n) is 12.9. The Morgan fingerprint density at radius 3 is 2.95 bits per heavy atom. The van der Waals surface area contributed by atoms with Crippen LogP contribution < -0.4 is 5.32 Å². The summed E-state index contributed by atoms with van der Waals surface area (Å²) < 4.78 is 6.11. The van der Waals surface area contributed by atoms with E-state index in [1.165, 1.54) is 25.7 Å². The molecule has 0 bridgehead atoms. The summed E-state index contributed by atoms with van der Waals surface area (Å²) in [6, 6.07) is 8.32. The van der Waals surface area contributed by atoms with E-state index in [1.807, 2.05) is 18.2 Å². The van der Waals surface area contributed by atoms with E-state index in [9.17, 15) is 0 Å². The maximum atomic E-state index is 6.11. The van der Waals surface area contributed by atoms with Gasteiger partial charge in [0.2, 0.25) is 0 Å². The van der Waals surface area contributed by atoms with Crippen molar-refractivity contribution in [1.29, 1.82) is 0 Å². The maximum absolute atomic E-state index is 6.11. The van der Waals surface area contributed by atoms with Crippen LogP contribution >= 0.6 is 11.6 Å². The fraction of sp³-hybridized carbons (Fsp3) is 0.556. The molecule has 0 saturated heterocycles. The topological polar surface area (TPSA) is 25.2 Å². The van der Waals surface area contributed by atoms with Crippen molar-refractivity contribution >= 4 is 22.6 Å². The second-order valence-corrected chi connectivity index (χ2v) is 6.83. The van der Waals surface area contributed by atoms with Gasteiger partial charge in [-0.05, 0) is 55.5 Å². The fourth-order valence-corrected chi connectivity index (χ4v) is 3.87. The van der Waals surface area contributed by atoms with Gasteiger partial charge in [0.05, 0.1) is 6.04 Å². The first kappa shape index (κ1) is 14.9. The monoisotopic (exact) mass is 305 g/mol. The molecule has 1 aliphatic carbocycles. The first-order valence-electron chi connectivity index (χ1n) is 8.09. The van der Waals surface area contributed by atoms with Gasteiger partial charge in [-0.3, -0.25) is 0 Å². The van der Waals surface area contributed by atoms with E-state index in [2.05, 4.69) is 25.2 Å². The molecular formula is C18H24ClNO. The number of fused-ring (bicyclic) bond motifs is 1. The number of hydrogen-bond acceptors (Lipinski definition) is 2. The standard InChI is InChI=1S/C18H24ClNO/c1-3-20-18(13-6-4-5-12(2)9-13)17-11-14-10-15(19)7-8-16(14)21-17/h7-8,10-13,18,20H,3-6,9H2,1-2H3. The van der Waals surface area contributed by atoms with Crippen LogP contribution in [0, 0.1) is 11.8 Å². The van der Waals surface area contributed by atoms with Crippen molar-refractivity contribution in [2.24, 2.45) is 11.8 Å². The molecule has 3 unspecified atom stereocenters. The molecule has 3 atom stereocenters. The second kappa shape index (κ2) is 6.41. The summed E-state index contributed by atoms with van der Waals surface area (Å²) in [6.07, 6.45) is 5.28. The van der Waals surface area contributed by atoms with Crippen LogP contribution in [0.1, 0.15) is 51.3 Å². The van der Waals surface area contributed by atoms with Gasteiger partial charge in [0.1, 0.15) is 11.3 Å². The molecule has 2 nitrogen and oxygen atoms in total. The number of halogens is 1. The summed E-state index contributed by atoms with van der Waals surface area (Å²) in [5.74, 6) is 2.56. The van der Waals surface area contributed by atoms with Crippen molar-refractivity contribution in [1.82, 2.24) is 5.32 Å². The first-order chi connectivity index (χ1) is 10.2. The molecule has 3 rings (SSSR count). The van der Waals surface area contributed by atoms with Crippen molar-refractivity contribution in [3.05, 3.63) is 35.0 Å². The Bertz CT molecular complexity index is 606. The zero-order valence-corrected chi connectivity index (χ0v) is 13.6. The normalized spacial score (nSPS) is 24.3. The third kappa shape index (κ3) is 3.27.